The first-order valence-corrected chi connectivity index (χ1v) is 7.60. The number of non-ortho nitro benzene ring substituents is 1. The van der Waals surface area contributed by atoms with Crippen LogP contribution in [0, 0.1) is 29.9 Å². The molecule has 2 amide bonds. The molecule has 1 unspecified atom stereocenters. The van der Waals surface area contributed by atoms with Gasteiger partial charge in [-0.25, -0.2) is 4.68 Å². The van der Waals surface area contributed by atoms with Gasteiger partial charge in [0.2, 0.25) is 17.8 Å². The third-order valence-corrected chi connectivity index (χ3v) is 3.91. The Balaban J connectivity index is 1.70. The highest BCUT2D eigenvalue weighted by molar-refractivity contribution is 5.98. The molecule has 2 heterocycles. The van der Waals surface area contributed by atoms with Crippen molar-refractivity contribution in [2.75, 3.05) is 10.6 Å². The fraction of sp³-hybridized carbons (Fsp3) is 0.333. The molecule has 3 rings (SSSR count). The van der Waals surface area contributed by atoms with Crippen molar-refractivity contribution in [3.8, 4) is 0 Å². The zero-order valence-corrected chi connectivity index (χ0v) is 13.6. The van der Waals surface area contributed by atoms with Gasteiger partial charge in [0.05, 0.1) is 23.1 Å². The van der Waals surface area contributed by atoms with E-state index >= 15 is 0 Å². The van der Waals surface area contributed by atoms with Crippen LogP contribution in [-0.2, 0) is 16.1 Å². The van der Waals surface area contributed by atoms with Gasteiger partial charge in [-0.3, -0.25) is 25.0 Å². The number of benzene rings is 1. The lowest BCUT2D eigenvalue weighted by Gasteiger charge is -2.21. The Hall–Kier alpha value is -3.30. The van der Waals surface area contributed by atoms with E-state index in [1.165, 1.54) is 12.1 Å². The Labute approximate surface area is 142 Å². The standard InChI is InChI=1S/C15H16N6O4/c1-8-3-4-11(21(24)25)6-12(8)17-13(22)5-10-7-20-15(18-14(10)23)16-9(2)19-20/h3-4,6,10H,5,7H2,1-2H3,(H,17,22)(H,16,18,19,23). The monoisotopic (exact) mass is 344 g/mol. The largest absolute Gasteiger partial charge is 0.326 e. The Morgan fingerprint density at radius 3 is 2.96 bits per heavy atom. The number of aromatic nitrogens is 3. The number of hydrogen-bond acceptors (Lipinski definition) is 6. The van der Waals surface area contributed by atoms with Crippen molar-refractivity contribution in [2.45, 2.75) is 26.8 Å². The lowest BCUT2D eigenvalue weighted by molar-refractivity contribution is -0.384. The van der Waals surface area contributed by atoms with Crippen molar-refractivity contribution in [2.24, 2.45) is 5.92 Å². The molecule has 0 fully saturated rings. The summed E-state index contributed by atoms with van der Waals surface area (Å²) in [6, 6.07) is 4.23. The number of nitrogens with zero attached hydrogens (tertiary/aromatic N) is 4. The molecule has 10 nitrogen and oxygen atoms in total. The minimum atomic E-state index is -0.590. The van der Waals surface area contributed by atoms with Crippen LogP contribution in [0.5, 0.6) is 0 Å². The second-order valence-corrected chi connectivity index (χ2v) is 5.86. The Morgan fingerprint density at radius 2 is 2.24 bits per heavy atom. The third kappa shape index (κ3) is 3.47. The molecule has 1 atom stereocenters. The van der Waals surface area contributed by atoms with Crippen molar-refractivity contribution in [3.63, 3.8) is 0 Å². The molecule has 10 heteroatoms. The van der Waals surface area contributed by atoms with E-state index < -0.39 is 16.7 Å². The summed E-state index contributed by atoms with van der Waals surface area (Å²) in [5.41, 5.74) is 0.938. The molecule has 0 saturated heterocycles. The molecule has 0 saturated carbocycles. The SMILES string of the molecule is Cc1nc2n(n1)CC(CC(=O)Nc1cc([N+](=O)[O-])ccc1C)C(=O)N2. The summed E-state index contributed by atoms with van der Waals surface area (Å²) in [5, 5.41) is 20.3. The number of carbonyl (C=O) groups is 2. The minimum absolute atomic E-state index is 0.0632. The van der Waals surface area contributed by atoms with Gasteiger partial charge in [-0.15, -0.1) is 0 Å². The molecule has 0 aliphatic carbocycles. The number of anilines is 2. The Morgan fingerprint density at radius 1 is 1.48 bits per heavy atom. The van der Waals surface area contributed by atoms with Crippen LogP contribution in [-0.4, -0.2) is 31.5 Å². The summed E-state index contributed by atoms with van der Waals surface area (Å²) >= 11 is 0. The number of nitro benzene ring substituents is 1. The fourth-order valence-corrected chi connectivity index (χ4v) is 2.62. The molecule has 25 heavy (non-hydrogen) atoms. The van der Waals surface area contributed by atoms with E-state index in [2.05, 4.69) is 20.7 Å². The molecule has 1 aliphatic heterocycles. The van der Waals surface area contributed by atoms with E-state index in [-0.39, 0.29) is 24.6 Å². The van der Waals surface area contributed by atoms with Gasteiger partial charge in [-0.1, -0.05) is 6.07 Å². The highest BCUT2D eigenvalue weighted by Crippen LogP contribution is 2.23. The summed E-state index contributed by atoms with van der Waals surface area (Å²) in [5.74, 6) is -0.385. The molecule has 0 spiro atoms. The van der Waals surface area contributed by atoms with E-state index in [1.807, 2.05) is 0 Å². The highest BCUT2D eigenvalue weighted by Gasteiger charge is 2.30. The first-order valence-electron chi connectivity index (χ1n) is 7.60. The van der Waals surface area contributed by atoms with Crippen LogP contribution in [0.2, 0.25) is 0 Å². The second-order valence-electron chi connectivity index (χ2n) is 5.86. The van der Waals surface area contributed by atoms with E-state index in [9.17, 15) is 19.7 Å². The van der Waals surface area contributed by atoms with E-state index in [0.717, 1.165) is 0 Å². The van der Waals surface area contributed by atoms with E-state index in [0.29, 0.717) is 23.0 Å². The maximum atomic E-state index is 12.3. The fourth-order valence-electron chi connectivity index (χ4n) is 2.62. The number of aryl methyl sites for hydroxylation is 2. The van der Waals surface area contributed by atoms with Crippen LogP contribution in [0.1, 0.15) is 17.8 Å². The van der Waals surface area contributed by atoms with Crippen molar-refractivity contribution in [3.05, 3.63) is 39.7 Å². The molecule has 1 aromatic carbocycles. The lowest BCUT2D eigenvalue weighted by atomic mass is 10.0. The second kappa shape index (κ2) is 6.30. The first kappa shape index (κ1) is 16.6. The van der Waals surface area contributed by atoms with Crippen LogP contribution >= 0.6 is 0 Å². The Kier molecular flexibility index (Phi) is 4.17. The summed E-state index contributed by atoms with van der Waals surface area (Å²) in [6.07, 6.45) is -0.0632. The average molecular weight is 344 g/mol. The summed E-state index contributed by atoms with van der Waals surface area (Å²) in [4.78, 5) is 38.8. The van der Waals surface area contributed by atoms with E-state index in [4.69, 9.17) is 0 Å². The number of fused-ring (bicyclic) bond motifs is 1. The molecule has 2 N–H and O–H groups in total. The minimum Gasteiger partial charge on any atom is -0.326 e. The molecule has 1 aliphatic rings. The maximum Gasteiger partial charge on any atom is 0.271 e. The van der Waals surface area contributed by atoms with Crippen LogP contribution < -0.4 is 10.6 Å². The molecule has 2 aromatic rings. The van der Waals surface area contributed by atoms with Crippen molar-refractivity contribution in [1.82, 2.24) is 14.8 Å². The van der Waals surface area contributed by atoms with Crippen LogP contribution in [0.25, 0.3) is 0 Å². The van der Waals surface area contributed by atoms with Gasteiger partial charge in [0.1, 0.15) is 5.82 Å². The van der Waals surface area contributed by atoms with Gasteiger partial charge < -0.3 is 5.32 Å². The number of hydrogen-bond donors (Lipinski definition) is 2. The maximum absolute atomic E-state index is 12.3. The Bertz CT molecular complexity index is 875. The molecule has 0 radical (unpaired) electrons. The van der Waals surface area contributed by atoms with Crippen LogP contribution in [0.15, 0.2) is 18.2 Å². The predicted molar refractivity (Wildman–Crippen MR) is 88.0 cm³/mol. The molecule has 1 aromatic heterocycles. The van der Waals surface area contributed by atoms with Gasteiger partial charge in [0.25, 0.3) is 5.69 Å². The molecule has 0 bridgehead atoms. The predicted octanol–water partition coefficient (Wildman–Crippen LogP) is 1.40. The first-order chi connectivity index (χ1) is 11.8. The van der Waals surface area contributed by atoms with Crippen LogP contribution in [0.3, 0.4) is 0 Å². The normalized spacial score (nSPS) is 16.1. The summed E-state index contributed by atoms with van der Waals surface area (Å²) in [7, 11) is 0. The van der Waals surface area contributed by atoms with Crippen molar-refractivity contribution < 1.29 is 14.5 Å². The number of carbonyl (C=O) groups excluding carboxylic acids is 2. The number of amides is 2. The number of rotatable bonds is 4. The lowest BCUT2D eigenvalue weighted by Crippen LogP contribution is -2.36. The molecular formula is C15H16N6O4. The zero-order chi connectivity index (χ0) is 18.1. The van der Waals surface area contributed by atoms with Crippen molar-refractivity contribution >= 4 is 29.1 Å². The van der Waals surface area contributed by atoms with Crippen LogP contribution in [0.4, 0.5) is 17.3 Å². The average Bonchev–Trinajstić information content (AvgIpc) is 2.88. The van der Waals surface area contributed by atoms with Gasteiger partial charge >= 0.3 is 0 Å². The van der Waals surface area contributed by atoms with E-state index in [1.54, 1.807) is 24.6 Å². The smallest absolute Gasteiger partial charge is 0.271 e. The highest BCUT2D eigenvalue weighted by atomic mass is 16.6. The quantitative estimate of drug-likeness (QED) is 0.636. The molecule has 130 valence electrons. The van der Waals surface area contributed by atoms with Crippen molar-refractivity contribution in [1.29, 1.82) is 0 Å². The van der Waals surface area contributed by atoms with Gasteiger partial charge in [-0.05, 0) is 19.4 Å². The number of nitro groups is 1. The summed E-state index contributed by atoms with van der Waals surface area (Å²) < 4.78 is 1.55. The number of nitrogens with one attached hydrogen (secondary N) is 2. The van der Waals surface area contributed by atoms with Gasteiger partial charge in [-0.2, -0.15) is 10.1 Å². The molecular weight excluding hydrogens is 328 g/mol. The van der Waals surface area contributed by atoms with Gasteiger partial charge in [0.15, 0.2) is 0 Å². The zero-order valence-electron chi connectivity index (χ0n) is 13.6. The van der Waals surface area contributed by atoms with Gasteiger partial charge in [0, 0.05) is 18.6 Å². The third-order valence-electron chi connectivity index (χ3n) is 3.91. The topological polar surface area (TPSA) is 132 Å². The summed E-state index contributed by atoms with van der Waals surface area (Å²) in [6.45, 7) is 3.70.